The molecule has 4 heteroatoms. The maximum Gasteiger partial charge on any atom is 0.338 e. The van der Waals surface area contributed by atoms with Crippen molar-refractivity contribution in [1.29, 1.82) is 0 Å². The highest BCUT2D eigenvalue weighted by Crippen LogP contribution is 2.31. The van der Waals surface area contributed by atoms with Gasteiger partial charge in [-0.15, -0.1) is 0 Å². The van der Waals surface area contributed by atoms with E-state index in [0.717, 1.165) is 24.0 Å². The Kier molecular flexibility index (Phi) is 3.99. The molecule has 0 saturated carbocycles. The van der Waals surface area contributed by atoms with Gasteiger partial charge in [0.15, 0.2) is 5.60 Å². The van der Waals surface area contributed by atoms with E-state index in [0.29, 0.717) is 19.6 Å². The number of nitrogens with two attached hydrogens (primary N) is 1. The molecule has 2 rings (SSSR count). The fourth-order valence-electron chi connectivity index (χ4n) is 2.38. The van der Waals surface area contributed by atoms with E-state index in [1.54, 1.807) is 0 Å². The van der Waals surface area contributed by atoms with Gasteiger partial charge in [0.2, 0.25) is 0 Å². The first-order valence-corrected chi connectivity index (χ1v) is 6.20. The second-order valence-corrected chi connectivity index (χ2v) is 4.64. The summed E-state index contributed by atoms with van der Waals surface area (Å²) in [5.74, 6) is -0.275. The highest BCUT2D eigenvalue weighted by Gasteiger charge is 2.43. The van der Waals surface area contributed by atoms with Gasteiger partial charge in [0.1, 0.15) is 0 Å². The van der Waals surface area contributed by atoms with Crippen LogP contribution in [0.5, 0.6) is 0 Å². The molecule has 1 heterocycles. The average Bonchev–Trinajstić information content (AvgIpc) is 2.88. The number of carbonyl (C=O) groups excluding carboxylic acids is 1. The summed E-state index contributed by atoms with van der Waals surface area (Å²) >= 11 is 0. The Balaban J connectivity index is 2.15. The molecule has 2 N–H and O–H groups in total. The highest BCUT2D eigenvalue weighted by atomic mass is 16.6. The summed E-state index contributed by atoms with van der Waals surface area (Å²) in [5, 5.41) is 0. The molecule has 1 unspecified atom stereocenters. The third-order valence-electron chi connectivity index (χ3n) is 3.41. The summed E-state index contributed by atoms with van der Waals surface area (Å²) < 4.78 is 10.5. The van der Waals surface area contributed by atoms with Crippen LogP contribution in [0.15, 0.2) is 24.3 Å². The zero-order valence-electron chi connectivity index (χ0n) is 10.6. The fourth-order valence-corrected chi connectivity index (χ4v) is 2.38. The van der Waals surface area contributed by atoms with Crippen LogP contribution in [0.1, 0.15) is 24.0 Å². The van der Waals surface area contributed by atoms with Crippen LogP contribution >= 0.6 is 0 Å². The molecule has 1 aliphatic rings. The van der Waals surface area contributed by atoms with Gasteiger partial charge in [-0.3, -0.25) is 0 Å². The van der Waals surface area contributed by atoms with Crippen molar-refractivity contribution < 1.29 is 14.3 Å². The summed E-state index contributed by atoms with van der Waals surface area (Å²) in [4.78, 5) is 11.9. The maximum absolute atomic E-state index is 11.9. The summed E-state index contributed by atoms with van der Waals surface area (Å²) in [5.41, 5.74) is 6.92. The highest BCUT2D eigenvalue weighted by molar-refractivity contribution is 5.80. The van der Waals surface area contributed by atoms with E-state index in [1.807, 2.05) is 24.3 Å². The first kappa shape index (κ1) is 13.1. The second kappa shape index (κ2) is 5.50. The maximum atomic E-state index is 11.9. The molecular weight excluding hydrogens is 230 g/mol. The lowest BCUT2D eigenvalue weighted by Crippen LogP contribution is -2.41. The van der Waals surface area contributed by atoms with Crippen molar-refractivity contribution >= 4 is 5.97 Å². The molecule has 4 nitrogen and oxygen atoms in total. The predicted octanol–water partition coefficient (Wildman–Crippen LogP) is 1.41. The van der Waals surface area contributed by atoms with E-state index in [2.05, 4.69) is 0 Å². The number of benzene rings is 1. The minimum atomic E-state index is -0.793. The molecule has 0 aliphatic carbocycles. The number of methoxy groups -OCH3 is 1. The average molecular weight is 249 g/mol. The Labute approximate surface area is 107 Å². The van der Waals surface area contributed by atoms with Gasteiger partial charge in [0.25, 0.3) is 0 Å². The third kappa shape index (κ3) is 2.54. The molecule has 0 bridgehead atoms. The molecule has 1 aliphatic heterocycles. The topological polar surface area (TPSA) is 61.5 Å². The number of esters is 1. The van der Waals surface area contributed by atoms with Crippen LogP contribution in [-0.2, 0) is 27.2 Å². The lowest BCUT2D eigenvalue weighted by Gasteiger charge is -2.25. The van der Waals surface area contributed by atoms with Crippen molar-refractivity contribution in [3.63, 3.8) is 0 Å². The Hall–Kier alpha value is -1.39. The SMILES string of the molecule is COC(=O)C1(Cc2ccc(CN)cc2)CCCO1. The molecule has 1 fully saturated rings. The van der Waals surface area contributed by atoms with Crippen LogP contribution in [0.25, 0.3) is 0 Å². The van der Waals surface area contributed by atoms with Gasteiger partial charge < -0.3 is 15.2 Å². The zero-order valence-corrected chi connectivity index (χ0v) is 10.6. The van der Waals surface area contributed by atoms with Crippen molar-refractivity contribution in [2.75, 3.05) is 13.7 Å². The standard InChI is InChI=1S/C14H19NO3/c1-17-13(16)14(7-2-8-18-14)9-11-3-5-12(10-15)6-4-11/h3-6H,2,7-10,15H2,1H3. The Morgan fingerprint density at radius 1 is 1.39 bits per heavy atom. The molecule has 1 aromatic rings. The Bertz CT molecular complexity index is 408. The smallest absolute Gasteiger partial charge is 0.338 e. The largest absolute Gasteiger partial charge is 0.467 e. The third-order valence-corrected chi connectivity index (χ3v) is 3.41. The molecule has 0 radical (unpaired) electrons. The van der Waals surface area contributed by atoms with Crippen molar-refractivity contribution in [2.45, 2.75) is 31.4 Å². The predicted molar refractivity (Wildman–Crippen MR) is 68.0 cm³/mol. The van der Waals surface area contributed by atoms with E-state index >= 15 is 0 Å². The van der Waals surface area contributed by atoms with Crippen LogP contribution < -0.4 is 5.73 Å². The number of hydrogen-bond donors (Lipinski definition) is 1. The summed E-state index contributed by atoms with van der Waals surface area (Å²) in [7, 11) is 1.41. The van der Waals surface area contributed by atoms with Crippen LogP contribution in [0, 0.1) is 0 Å². The number of carbonyl (C=O) groups is 1. The molecular formula is C14H19NO3. The van der Waals surface area contributed by atoms with Gasteiger partial charge in [-0.2, -0.15) is 0 Å². The van der Waals surface area contributed by atoms with Gasteiger partial charge in [0, 0.05) is 19.6 Å². The minimum absolute atomic E-state index is 0.275. The van der Waals surface area contributed by atoms with E-state index in [-0.39, 0.29) is 5.97 Å². The van der Waals surface area contributed by atoms with Crippen LogP contribution in [0.4, 0.5) is 0 Å². The number of rotatable bonds is 4. The van der Waals surface area contributed by atoms with Crippen LogP contribution in [0.3, 0.4) is 0 Å². The molecule has 1 saturated heterocycles. The van der Waals surface area contributed by atoms with Crippen molar-refractivity contribution in [1.82, 2.24) is 0 Å². The van der Waals surface area contributed by atoms with E-state index < -0.39 is 5.60 Å². The van der Waals surface area contributed by atoms with Crippen LogP contribution in [0.2, 0.25) is 0 Å². The van der Waals surface area contributed by atoms with Gasteiger partial charge >= 0.3 is 5.97 Å². The van der Waals surface area contributed by atoms with Crippen molar-refractivity contribution in [3.05, 3.63) is 35.4 Å². The van der Waals surface area contributed by atoms with Gasteiger partial charge in [-0.05, 0) is 24.0 Å². The van der Waals surface area contributed by atoms with E-state index in [9.17, 15) is 4.79 Å². The van der Waals surface area contributed by atoms with Gasteiger partial charge in [-0.1, -0.05) is 24.3 Å². The van der Waals surface area contributed by atoms with Crippen molar-refractivity contribution in [3.8, 4) is 0 Å². The molecule has 18 heavy (non-hydrogen) atoms. The number of hydrogen-bond acceptors (Lipinski definition) is 4. The molecule has 0 spiro atoms. The normalized spacial score (nSPS) is 23.0. The van der Waals surface area contributed by atoms with E-state index in [1.165, 1.54) is 7.11 Å². The monoisotopic (exact) mass is 249 g/mol. The summed E-state index contributed by atoms with van der Waals surface area (Å²) in [6.07, 6.45) is 2.18. The zero-order chi connectivity index (χ0) is 13.0. The summed E-state index contributed by atoms with van der Waals surface area (Å²) in [6.45, 7) is 1.15. The van der Waals surface area contributed by atoms with Crippen LogP contribution in [-0.4, -0.2) is 25.3 Å². The molecule has 98 valence electrons. The minimum Gasteiger partial charge on any atom is -0.467 e. The molecule has 1 aromatic carbocycles. The lowest BCUT2D eigenvalue weighted by atomic mass is 9.91. The molecule has 0 aromatic heterocycles. The Morgan fingerprint density at radius 2 is 2.06 bits per heavy atom. The molecule has 0 amide bonds. The quantitative estimate of drug-likeness (QED) is 0.820. The number of ether oxygens (including phenoxy) is 2. The summed E-state index contributed by atoms with van der Waals surface area (Å²) in [6, 6.07) is 7.95. The van der Waals surface area contributed by atoms with Gasteiger partial charge in [0.05, 0.1) is 7.11 Å². The van der Waals surface area contributed by atoms with E-state index in [4.69, 9.17) is 15.2 Å². The fraction of sp³-hybridized carbons (Fsp3) is 0.500. The first-order valence-electron chi connectivity index (χ1n) is 6.20. The van der Waals surface area contributed by atoms with Gasteiger partial charge in [-0.25, -0.2) is 4.79 Å². The Morgan fingerprint density at radius 3 is 2.56 bits per heavy atom. The van der Waals surface area contributed by atoms with Crippen molar-refractivity contribution in [2.24, 2.45) is 5.73 Å². The first-order chi connectivity index (χ1) is 8.70. The lowest BCUT2D eigenvalue weighted by molar-refractivity contribution is -0.163. The second-order valence-electron chi connectivity index (χ2n) is 4.64. The molecule has 1 atom stereocenters.